The van der Waals surface area contributed by atoms with Crippen LogP contribution >= 0.6 is 0 Å². The van der Waals surface area contributed by atoms with Crippen LogP contribution in [-0.4, -0.2) is 51.8 Å². The van der Waals surface area contributed by atoms with Crippen molar-refractivity contribution in [1.29, 1.82) is 0 Å². The molecule has 0 aliphatic carbocycles. The van der Waals surface area contributed by atoms with Crippen LogP contribution in [0.1, 0.15) is 21.7 Å². The quantitative estimate of drug-likeness (QED) is 0.701. The molecule has 0 saturated carbocycles. The average molecular weight is 264 g/mol. The zero-order valence-corrected chi connectivity index (χ0v) is 10.7. The summed E-state index contributed by atoms with van der Waals surface area (Å²) in [5, 5.41) is 16.9. The third-order valence-electron chi connectivity index (χ3n) is 3.76. The van der Waals surface area contributed by atoms with E-state index in [-0.39, 0.29) is 19.0 Å². The average Bonchev–Trinajstić information content (AvgIpc) is 2.68. The fourth-order valence-electron chi connectivity index (χ4n) is 2.74. The third kappa shape index (κ3) is 1.90. The van der Waals surface area contributed by atoms with Crippen LogP contribution < -0.4 is 5.32 Å². The molecule has 7 nitrogen and oxygen atoms in total. The lowest BCUT2D eigenvalue weighted by molar-refractivity contribution is -0.142. The zero-order chi connectivity index (χ0) is 13.6. The van der Waals surface area contributed by atoms with Gasteiger partial charge in [0.15, 0.2) is 0 Å². The van der Waals surface area contributed by atoms with Crippen molar-refractivity contribution in [2.75, 3.05) is 20.1 Å². The highest BCUT2D eigenvalue weighted by atomic mass is 16.4. The first-order valence-corrected chi connectivity index (χ1v) is 6.35. The maximum atomic E-state index is 12.4. The first kappa shape index (κ1) is 12.2. The van der Waals surface area contributed by atoms with Crippen molar-refractivity contribution < 1.29 is 14.7 Å². The Hall–Kier alpha value is -1.89. The van der Waals surface area contributed by atoms with Gasteiger partial charge < -0.3 is 15.3 Å². The van der Waals surface area contributed by atoms with Crippen molar-refractivity contribution in [1.82, 2.24) is 20.0 Å². The first-order chi connectivity index (χ1) is 9.08. The Morgan fingerprint density at radius 1 is 1.47 bits per heavy atom. The van der Waals surface area contributed by atoms with Gasteiger partial charge in [0.05, 0.1) is 18.2 Å². The van der Waals surface area contributed by atoms with E-state index < -0.39 is 11.9 Å². The third-order valence-corrected chi connectivity index (χ3v) is 3.76. The van der Waals surface area contributed by atoms with Crippen molar-refractivity contribution in [3.05, 3.63) is 17.0 Å². The molecule has 2 aliphatic heterocycles. The number of nitrogens with one attached hydrogen (secondary N) is 1. The highest BCUT2D eigenvalue weighted by Gasteiger charge is 2.34. The number of aromatic nitrogens is 2. The topological polar surface area (TPSA) is 87.5 Å². The molecule has 0 spiro atoms. The summed E-state index contributed by atoms with van der Waals surface area (Å²) >= 11 is 0. The van der Waals surface area contributed by atoms with Gasteiger partial charge in [-0.15, -0.1) is 0 Å². The van der Waals surface area contributed by atoms with Gasteiger partial charge in [-0.3, -0.25) is 14.3 Å². The highest BCUT2D eigenvalue weighted by Crippen LogP contribution is 2.23. The molecule has 1 amide bonds. The summed E-state index contributed by atoms with van der Waals surface area (Å²) in [4.78, 5) is 25.1. The van der Waals surface area contributed by atoms with Crippen molar-refractivity contribution >= 4 is 11.9 Å². The van der Waals surface area contributed by atoms with E-state index in [4.69, 9.17) is 0 Å². The Morgan fingerprint density at radius 2 is 2.26 bits per heavy atom. The molecular formula is C12H16N4O3. The molecule has 19 heavy (non-hydrogen) atoms. The number of aliphatic carboxylic acids is 1. The number of hydrogen-bond donors (Lipinski definition) is 2. The number of nitrogens with zero attached hydrogens (tertiary/aromatic N) is 3. The molecule has 2 N–H and O–H groups in total. The predicted octanol–water partition coefficient (Wildman–Crippen LogP) is -0.685. The standard InChI is InChI=1S/C12H16N4O3/c1-15-5-7(12(18)19)6-16-10(11(15)17)8-4-13-3-2-9(8)14-16/h7,13H,2-6H2,1H3,(H,18,19). The number of carboxylic acids is 1. The van der Waals surface area contributed by atoms with Crippen LogP contribution in [0.25, 0.3) is 0 Å². The maximum Gasteiger partial charge on any atom is 0.310 e. The van der Waals surface area contributed by atoms with Gasteiger partial charge in [0.25, 0.3) is 5.91 Å². The van der Waals surface area contributed by atoms with Crippen LogP contribution in [0.15, 0.2) is 0 Å². The second-order valence-corrected chi connectivity index (χ2v) is 5.10. The smallest absolute Gasteiger partial charge is 0.310 e. The number of fused-ring (bicyclic) bond motifs is 3. The normalized spacial score (nSPS) is 22.7. The molecule has 0 aromatic carbocycles. The lowest BCUT2D eigenvalue weighted by Gasteiger charge is -2.18. The SMILES string of the molecule is CN1CC(C(=O)O)Cn2nc3c(c2C1=O)CNCC3. The molecule has 7 heteroatoms. The predicted molar refractivity (Wildman–Crippen MR) is 65.7 cm³/mol. The van der Waals surface area contributed by atoms with Crippen molar-refractivity contribution in [3.63, 3.8) is 0 Å². The Labute approximate surface area is 110 Å². The second-order valence-electron chi connectivity index (χ2n) is 5.10. The lowest BCUT2D eigenvalue weighted by Crippen LogP contribution is -2.34. The van der Waals surface area contributed by atoms with Crippen molar-refractivity contribution in [3.8, 4) is 0 Å². The Bertz CT molecular complexity index is 551. The van der Waals surface area contributed by atoms with Crippen LogP contribution in [0.2, 0.25) is 0 Å². The number of amides is 1. The van der Waals surface area contributed by atoms with Gasteiger partial charge in [-0.1, -0.05) is 0 Å². The van der Waals surface area contributed by atoms with E-state index in [2.05, 4.69) is 10.4 Å². The van der Waals surface area contributed by atoms with Gasteiger partial charge in [-0.25, -0.2) is 0 Å². The summed E-state index contributed by atoms with van der Waals surface area (Å²) < 4.78 is 1.59. The number of rotatable bonds is 1. The minimum atomic E-state index is -0.890. The van der Waals surface area contributed by atoms with Gasteiger partial charge in [0, 0.05) is 38.7 Å². The number of carbonyl (C=O) groups is 2. The summed E-state index contributed by atoms with van der Waals surface area (Å²) in [7, 11) is 1.64. The Kier molecular flexibility index (Phi) is 2.78. The monoisotopic (exact) mass is 264 g/mol. The molecule has 1 unspecified atom stereocenters. The van der Waals surface area contributed by atoms with Crippen LogP contribution in [0.3, 0.4) is 0 Å². The minimum Gasteiger partial charge on any atom is -0.481 e. The molecular weight excluding hydrogens is 248 g/mol. The molecule has 3 rings (SSSR count). The van der Waals surface area contributed by atoms with E-state index in [0.29, 0.717) is 12.2 Å². The minimum absolute atomic E-state index is 0.138. The van der Waals surface area contributed by atoms with Gasteiger partial charge in [0.2, 0.25) is 0 Å². The van der Waals surface area contributed by atoms with E-state index in [1.54, 1.807) is 11.7 Å². The largest absolute Gasteiger partial charge is 0.481 e. The molecule has 2 aliphatic rings. The van der Waals surface area contributed by atoms with Crippen LogP contribution in [0.5, 0.6) is 0 Å². The van der Waals surface area contributed by atoms with Crippen LogP contribution in [0, 0.1) is 5.92 Å². The zero-order valence-electron chi connectivity index (χ0n) is 10.7. The molecule has 1 atom stereocenters. The van der Waals surface area contributed by atoms with Crippen molar-refractivity contribution in [2.45, 2.75) is 19.5 Å². The highest BCUT2D eigenvalue weighted by molar-refractivity contribution is 5.95. The summed E-state index contributed by atoms with van der Waals surface area (Å²) in [5.41, 5.74) is 2.39. The van der Waals surface area contributed by atoms with Crippen molar-refractivity contribution in [2.24, 2.45) is 5.92 Å². The summed E-state index contributed by atoms with van der Waals surface area (Å²) in [6.07, 6.45) is 0.782. The van der Waals surface area contributed by atoms with E-state index in [0.717, 1.165) is 24.2 Å². The number of carboxylic acid groups (broad SMARTS) is 1. The molecule has 0 bridgehead atoms. The molecule has 102 valence electrons. The summed E-state index contributed by atoms with van der Waals surface area (Å²) in [6, 6.07) is 0. The number of hydrogen-bond acceptors (Lipinski definition) is 4. The molecule has 1 aromatic rings. The number of carbonyl (C=O) groups excluding carboxylic acids is 1. The molecule has 0 saturated heterocycles. The van der Waals surface area contributed by atoms with E-state index in [1.165, 1.54) is 4.90 Å². The van der Waals surface area contributed by atoms with Crippen LogP contribution in [-0.2, 0) is 24.3 Å². The van der Waals surface area contributed by atoms with Gasteiger partial charge in [-0.2, -0.15) is 5.10 Å². The fraction of sp³-hybridized carbons (Fsp3) is 0.583. The Balaban J connectivity index is 2.08. The molecule has 0 fully saturated rings. The van der Waals surface area contributed by atoms with Gasteiger partial charge in [-0.05, 0) is 0 Å². The first-order valence-electron chi connectivity index (χ1n) is 6.35. The fourth-order valence-corrected chi connectivity index (χ4v) is 2.74. The van der Waals surface area contributed by atoms with Gasteiger partial charge >= 0.3 is 5.97 Å². The van der Waals surface area contributed by atoms with E-state index in [1.807, 2.05) is 0 Å². The summed E-state index contributed by atoms with van der Waals surface area (Å²) in [6.45, 7) is 1.95. The molecule has 3 heterocycles. The van der Waals surface area contributed by atoms with Gasteiger partial charge in [0.1, 0.15) is 5.69 Å². The van der Waals surface area contributed by atoms with E-state index >= 15 is 0 Å². The Morgan fingerprint density at radius 3 is 3.00 bits per heavy atom. The molecule has 1 aromatic heterocycles. The molecule has 0 radical (unpaired) electrons. The second kappa shape index (κ2) is 4.34. The maximum absolute atomic E-state index is 12.4. The van der Waals surface area contributed by atoms with Crippen LogP contribution in [0.4, 0.5) is 0 Å². The van der Waals surface area contributed by atoms with E-state index in [9.17, 15) is 14.7 Å². The summed E-state index contributed by atoms with van der Waals surface area (Å²) in [5.74, 6) is -1.63. The lowest BCUT2D eigenvalue weighted by atomic mass is 10.1.